The summed E-state index contributed by atoms with van der Waals surface area (Å²) in [4.78, 5) is 22.0. The van der Waals surface area contributed by atoms with E-state index in [1.165, 1.54) is 6.92 Å². The van der Waals surface area contributed by atoms with Gasteiger partial charge in [-0.1, -0.05) is 42.1 Å². The van der Waals surface area contributed by atoms with Gasteiger partial charge in [0.1, 0.15) is 12.7 Å². The summed E-state index contributed by atoms with van der Waals surface area (Å²) in [5.41, 5.74) is 0.567. The van der Waals surface area contributed by atoms with Crippen LogP contribution in [0.5, 0.6) is 0 Å². The number of rotatable bonds is 5. The predicted molar refractivity (Wildman–Crippen MR) is 65.5 cm³/mol. The van der Waals surface area contributed by atoms with Crippen molar-refractivity contribution in [2.24, 2.45) is 0 Å². The molecule has 0 aliphatic heterocycles. The first-order valence-electron chi connectivity index (χ1n) is 5.14. The number of aliphatic hydroxyl groups excluding tert-OH is 1. The van der Waals surface area contributed by atoms with E-state index >= 15 is 0 Å². The minimum Gasteiger partial charge on any atom is -0.465 e. The lowest BCUT2D eigenvalue weighted by Crippen LogP contribution is -2.11. The molecule has 0 aromatic heterocycles. The second-order valence-corrected chi connectivity index (χ2v) is 4.42. The topological polar surface area (TPSA) is 63.6 Å². The Hall–Kier alpha value is -1.33. The van der Waals surface area contributed by atoms with Crippen LogP contribution >= 0.6 is 11.8 Å². The van der Waals surface area contributed by atoms with E-state index in [2.05, 4.69) is 4.74 Å². The molecular formula is C12H14O4S. The average molecular weight is 254 g/mol. The maximum atomic E-state index is 11.6. The molecular weight excluding hydrogens is 240 g/mol. The zero-order chi connectivity index (χ0) is 12.7. The molecule has 1 atom stereocenters. The number of thioether (sulfide) groups is 1. The molecule has 1 N–H and O–H groups in total. The van der Waals surface area contributed by atoms with Gasteiger partial charge in [0.2, 0.25) is 5.12 Å². The molecule has 1 rings (SSSR count). The molecule has 0 aliphatic carbocycles. The fraction of sp³-hybridized carbons (Fsp3) is 0.333. The number of hydrogen-bond acceptors (Lipinski definition) is 5. The largest absolute Gasteiger partial charge is 0.465 e. The third-order valence-corrected chi connectivity index (χ3v) is 2.85. The van der Waals surface area contributed by atoms with Gasteiger partial charge in [0.25, 0.3) is 0 Å². The highest BCUT2D eigenvalue weighted by Gasteiger charge is 2.17. The van der Waals surface area contributed by atoms with Crippen molar-refractivity contribution in [3.05, 3.63) is 35.9 Å². The van der Waals surface area contributed by atoms with E-state index in [4.69, 9.17) is 0 Å². The van der Waals surface area contributed by atoms with Gasteiger partial charge in [0.15, 0.2) is 0 Å². The molecule has 0 spiro atoms. The third kappa shape index (κ3) is 5.01. The molecule has 0 amide bonds. The number of carbonyl (C=O) groups is 2. The van der Waals surface area contributed by atoms with Crippen LogP contribution in [-0.2, 0) is 14.3 Å². The molecule has 0 bridgehead atoms. The van der Waals surface area contributed by atoms with Gasteiger partial charge in [0.05, 0.1) is 0 Å². The Morgan fingerprint density at radius 2 is 2.00 bits per heavy atom. The summed E-state index contributed by atoms with van der Waals surface area (Å²) in [6, 6.07) is 8.71. The molecule has 0 fully saturated rings. The monoisotopic (exact) mass is 254 g/mol. The van der Waals surface area contributed by atoms with Crippen LogP contribution in [0.2, 0.25) is 0 Å². The first-order chi connectivity index (χ1) is 8.11. The summed E-state index contributed by atoms with van der Waals surface area (Å²) in [6.07, 6.45) is -1.13. The van der Waals surface area contributed by atoms with E-state index in [-0.39, 0.29) is 17.7 Å². The molecule has 0 saturated heterocycles. The van der Waals surface area contributed by atoms with Gasteiger partial charge < -0.3 is 9.84 Å². The molecule has 92 valence electrons. The summed E-state index contributed by atoms with van der Waals surface area (Å²) in [6.45, 7) is 1.48. The summed E-state index contributed by atoms with van der Waals surface area (Å²) in [7, 11) is 0. The van der Waals surface area contributed by atoms with Gasteiger partial charge in [-0.05, 0) is 5.56 Å². The molecule has 4 nitrogen and oxygen atoms in total. The van der Waals surface area contributed by atoms with E-state index in [9.17, 15) is 14.7 Å². The van der Waals surface area contributed by atoms with E-state index in [1.807, 2.05) is 6.07 Å². The molecule has 1 aromatic rings. The Bertz CT molecular complexity index is 377. The van der Waals surface area contributed by atoms with E-state index < -0.39 is 6.10 Å². The highest BCUT2D eigenvalue weighted by atomic mass is 32.2. The normalized spacial score (nSPS) is 11.9. The average Bonchev–Trinajstić information content (AvgIpc) is 2.34. The summed E-state index contributed by atoms with van der Waals surface area (Å²) >= 11 is 0.955. The van der Waals surface area contributed by atoms with Crippen LogP contribution in [0.1, 0.15) is 18.6 Å². The zero-order valence-corrected chi connectivity index (χ0v) is 10.3. The first kappa shape index (κ1) is 13.7. The van der Waals surface area contributed by atoms with Crippen molar-refractivity contribution in [1.29, 1.82) is 0 Å². The van der Waals surface area contributed by atoms with Gasteiger partial charge in [0, 0.05) is 12.7 Å². The number of benzene rings is 1. The molecule has 1 unspecified atom stereocenters. The van der Waals surface area contributed by atoms with Crippen molar-refractivity contribution in [3.8, 4) is 0 Å². The van der Waals surface area contributed by atoms with Crippen LogP contribution < -0.4 is 0 Å². The zero-order valence-electron chi connectivity index (χ0n) is 9.46. The van der Waals surface area contributed by atoms with Crippen LogP contribution in [0, 0.1) is 0 Å². The van der Waals surface area contributed by atoms with Crippen LogP contribution in [0.3, 0.4) is 0 Å². The second-order valence-electron chi connectivity index (χ2n) is 3.32. The van der Waals surface area contributed by atoms with Crippen molar-refractivity contribution in [2.75, 3.05) is 12.4 Å². The predicted octanol–water partition coefficient (Wildman–Crippen LogP) is 1.54. The van der Waals surface area contributed by atoms with Gasteiger partial charge in [-0.3, -0.25) is 9.59 Å². The maximum absolute atomic E-state index is 11.6. The number of esters is 1. The molecule has 0 heterocycles. The molecule has 5 heteroatoms. The standard InChI is InChI=1S/C12H14O4S/c1-9(13)16-7-8-17-12(15)11(14)10-5-3-2-4-6-10/h2-6,11,14H,7-8H2,1H3. The molecule has 0 aliphatic rings. The fourth-order valence-corrected chi connectivity index (χ4v) is 1.84. The molecule has 1 aromatic carbocycles. The Morgan fingerprint density at radius 3 is 2.59 bits per heavy atom. The Labute approximate surface area is 104 Å². The maximum Gasteiger partial charge on any atom is 0.302 e. The smallest absolute Gasteiger partial charge is 0.302 e. The van der Waals surface area contributed by atoms with Crippen LogP contribution in [0.25, 0.3) is 0 Å². The number of aliphatic hydroxyl groups is 1. The van der Waals surface area contributed by atoms with Gasteiger partial charge >= 0.3 is 5.97 Å². The fourth-order valence-electron chi connectivity index (χ4n) is 1.18. The van der Waals surface area contributed by atoms with Crippen molar-refractivity contribution in [2.45, 2.75) is 13.0 Å². The Morgan fingerprint density at radius 1 is 1.35 bits per heavy atom. The molecule has 0 radical (unpaired) electrons. The minimum atomic E-state index is -1.13. The lowest BCUT2D eigenvalue weighted by atomic mass is 10.1. The number of ether oxygens (including phenoxy) is 1. The van der Waals surface area contributed by atoms with E-state index in [0.29, 0.717) is 11.3 Å². The van der Waals surface area contributed by atoms with Crippen molar-refractivity contribution in [1.82, 2.24) is 0 Å². The SMILES string of the molecule is CC(=O)OCCSC(=O)C(O)c1ccccc1. The third-order valence-electron chi connectivity index (χ3n) is 1.97. The number of hydrogen-bond donors (Lipinski definition) is 1. The van der Waals surface area contributed by atoms with Gasteiger partial charge in [-0.15, -0.1) is 0 Å². The van der Waals surface area contributed by atoms with E-state index in [1.54, 1.807) is 24.3 Å². The summed E-state index contributed by atoms with van der Waals surface area (Å²) in [5.74, 6) is -0.0240. The lowest BCUT2D eigenvalue weighted by Gasteiger charge is -2.09. The number of carbonyl (C=O) groups excluding carboxylic acids is 2. The van der Waals surface area contributed by atoms with Crippen molar-refractivity contribution in [3.63, 3.8) is 0 Å². The highest BCUT2D eigenvalue weighted by molar-refractivity contribution is 8.13. The van der Waals surface area contributed by atoms with Gasteiger partial charge in [-0.25, -0.2) is 0 Å². The molecule has 0 saturated carbocycles. The second kappa shape index (κ2) is 7.09. The highest BCUT2D eigenvalue weighted by Crippen LogP contribution is 2.19. The van der Waals surface area contributed by atoms with E-state index in [0.717, 1.165) is 11.8 Å². The molecule has 17 heavy (non-hydrogen) atoms. The summed E-state index contributed by atoms with van der Waals surface area (Å²) in [5, 5.41) is 9.38. The summed E-state index contributed by atoms with van der Waals surface area (Å²) < 4.78 is 4.68. The van der Waals surface area contributed by atoms with Crippen molar-refractivity contribution >= 4 is 22.8 Å². The van der Waals surface area contributed by atoms with Crippen LogP contribution in [0.15, 0.2) is 30.3 Å². The van der Waals surface area contributed by atoms with Crippen molar-refractivity contribution < 1.29 is 19.4 Å². The van der Waals surface area contributed by atoms with Gasteiger partial charge in [-0.2, -0.15) is 0 Å². The first-order valence-corrected chi connectivity index (χ1v) is 6.13. The Kier molecular flexibility index (Phi) is 5.72. The quantitative estimate of drug-likeness (QED) is 0.638. The Balaban J connectivity index is 2.35. The van der Waals surface area contributed by atoms with Crippen LogP contribution in [-0.4, -0.2) is 28.6 Å². The van der Waals surface area contributed by atoms with Crippen LogP contribution in [0.4, 0.5) is 0 Å². The lowest BCUT2D eigenvalue weighted by molar-refractivity contribution is -0.140. The minimum absolute atomic E-state index is 0.174.